The van der Waals surface area contributed by atoms with Crippen molar-refractivity contribution in [2.75, 3.05) is 24.5 Å². The minimum absolute atomic E-state index is 0.203. The highest BCUT2D eigenvalue weighted by atomic mass is 16.7. The summed E-state index contributed by atoms with van der Waals surface area (Å²) in [4.78, 5) is 34.1. The van der Waals surface area contributed by atoms with Crippen molar-refractivity contribution in [1.82, 2.24) is 15.3 Å². The van der Waals surface area contributed by atoms with Crippen LogP contribution < -0.4 is 25.4 Å². The largest absolute Gasteiger partial charge is 0.454 e. The number of benzene rings is 2. The Balaban J connectivity index is 1.43. The van der Waals surface area contributed by atoms with Crippen molar-refractivity contribution in [2.24, 2.45) is 0 Å². The van der Waals surface area contributed by atoms with E-state index < -0.39 is 0 Å². The maximum atomic E-state index is 13.4. The number of fused-ring (bicyclic) bond motifs is 1. The molecule has 2 amide bonds. The van der Waals surface area contributed by atoms with Crippen LogP contribution in [0.5, 0.6) is 11.5 Å². The molecule has 180 valence electrons. The van der Waals surface area contributed by atoms with Crippen LogP contribution in [-0.4, -0.2) is 35.6 Å². The predicted octanol–water partition coefficient (Wildman–Crippen LogP) is 4.10. The molecule has 0 fully saturated rings. The quantitative estimate of drug-likeness (QED) is 0.364. The van der Waals surface area contributed by atoms with Gasteiger partial charge in [-0.15, -0.1) is 0 Å². The lowest BCUT2D eigenvalue weighted by Crippen LogP contribution is -2.19. The number of hydrogen-bond donors (Lipinski definition) is 3. The molecule has 2 aromatic heterocycles. The molecular formula is C27H23N5O4. The highest BCUT2D eigenvalue weighted by Gasteiger charge is 2.17. The van der Waals surface area contributed by atoms with Gasteiger partial charge in [-0.05, 0) is 48.0 Å². The van der Waals surface area contributed by atoms with Crippen molar-refractivity contribution in [2.45, 2.75) is 6.54 Å². The topological polar surface area (TPSA) is 114 Å². The Morgan fingerprint density at radius 2 is 1.81 bits per heavy atom. The third-order valence-corrected chi connectivity index (χ3v) is 5.63. The fourth-order valence-corrected chi connectivity index (χ4v) is 3.79. The molecule has 0 saturated carbocycles. The summed E-state index contributed by atoms with van der Waals surface area (Å²) in [6.07, 6.45) is 5.10. The van der Waals surface area contributed by atoms with Crippen LogP contribution in [0.4, 0.5) is 11.5 Å². The third kappa shape index (κ3) is 4.95. The first-order chi connectivity index (χ1) is 17.6. The molecule has 3 N–H and O–H groups in total. The van der Waals surface area contributed by atoms with Gasteiger partial charge in [0.25, 0.3) is 11.8 Å². The van der Waals surface area contributed by atoms with E-state index in [1.165, 1.54) is 0 Å². The summed E-state index contributed by atoms with van der Waals surface area (Å²) in [6.45, 7) is 0.622. The Labute approximate surface area is 207 Å². The van der Waals surface area contributed by atoms with E-state index in [1.807, 2.05) is 30.3 Å². The number of rotatable bonds is 7. The van der Waals surface area contributed by atoms with Gasteiger partial charge in [0, 0.05) is 54.6 Å². The molecule has 0 aliphatic carbocycles. The number of carbonyl (C=O) groups is 2. The van der Waals surface area contributed by atoms with E-state index in [0.717, 1.165) is 16.7 Å². The second kappa shape index (κ2) is 10.1. The summed E-state index contributed by atoms with van der Waals surface area (Å²) >= 11 is 0. The minimum atomic E-state index is -0.365. The first-order valence-electron chi connectivity index (χ1n) is 11.3. The van der Waals surface area contributed by atoms with Crippen molar-refractivity contribution in [3.63, 3.8) is 0 Å². The van der Waals surface area contributed by atoms with Gasteiger partial charge in [-0.2, -0.15) is 0 Å². The van der Waals surface area contributed by atoms with E-state index in [-0.39, 0.29) is 18.6 Å². The van der Waals surface area contributed by atoms with Gasteiger partial charge < -0.3 is 25.4 Å². The van der Waals surface area contributed by atoms with Gasteiger partial charge in [0.15, 0.2) is 11.5 Å². The van der Waals surface area contributed by atoms with E-state index >= 15 is 0 Å². The molecule has 1 aliphatic heterocycles. The van der Waals surface area contributed by atoms with Gasteiger partial charge in [-0.3, -0.25) is 14.6 Å². The fraction of sp³-hybridized carbons (Fsp3) is 0.111. The van der Waals surface area contributed by atoms with E-state index in [2.05, 4.69) is 25.9 Å². The molecular weight excluding hydrogens is 458 g/mol. The molecule has 0 spiro atoms. The molecule has 4 aromatic rings. The van der Waals surface area contributed by atoms with Crippen molar-refractivity contribution >= 4 is 23.3 Å². The van der Waals surface area contributed by atoms with Crippen LogP contribution in [0.25, 0.3) is 11.1 Å². The lowest BCUT2D eigenvalue weighted by Gasteiger charge is -2.14. The number of hydrogen-bond acceptors (Lipinski definition) is 7. The zero-order chi connectivity index (χ0) is 24.9. The molecule has 2 aromatic carbocycles. The lowest BCUT2D eigenvalue weighted by atomic mass is 10.1. The number of nitrogens with zero attached hydrogens (tertiary/aromatic N) is 2. The predicted molar refractivity (Wildman–Crippen MR) is 135 cm³/mol. The minimum Gasteiger partial charge on any atom is -0.454 e. The number of ether oxygens (including phenoxy) is 2. The van der Waals surface area contributed by atoms with Crippen LogP contribution in [0.1, 0.15) is 26.3 Å². The smallest absolute Gasteiger partial charge is 0.259 e. The average molecular weight is 482 g/mol. The number of nitrogens with one attached hydrogen (secondary N) is 3. The van der Waals surface area contributed by atoms with Crippen molar-refractivity contribution in [1.29, 1.82) is 0 Å². The van der Waals surface area contributed by atoms with Gasteiger partial charge in [0.2, 0.25) is 6.79 Å². The van der Waals surface area contributed by atoms with Crippen LogP contribution in [0.15, 0.2) is 79.3 Å². The van der Waals surface area contributed by atoms with E-state index in [1.54, 1.807) is 56.0 Å². The highest BCUT2D eigenvalue weighted by Crippen LogP contribution is 2.33. The van der Waals surface area contributed by atoms with Crippen molar-refractivity contribution < 1.29 is 19.1 Å². The van der Waals surface area contributed by atoms with Gasteiger partial charge >= 0.3 is 0 Å². The molecule has 9 nitrogen and oxygen atoms in total. The zero-order valence-corrected chi connectivity index (χ0v) is 19.4. The van der Waals surface area contributed by atoms with Crippen LogP contribution in [0.2, 0.25) is 0 Å². The summed E-state index contributed by atoms with van der Waals surface area (Å²) in [5.41, 5.74) is 3.82. The Kier molecular flexibility index (Phi) is 6.44. The normalized spacial score (nSPS) is 11.6. The molecule has 0 saturated heterocycles. The van der Waals surface area contributed by atoms with Crippen LogP contribution in [0.3, 0.4) is 0 Å². The zero-order valence-electron chi connectivity index (χ0n) is 19.4. The van der Waals surface area contributed by atoms with Gasteiger partial charge in [0.1, 0.15) is 5.82 Å². The molecule has 36 heavy (non-hydrogen) atoms. The third-order valence-electron chi connectivity index (χ3n) is 5.63. The fourth-order valence-electron chi connectivity index (χ4n) is 3.79. The molecule has 3 heterocycles. The first-order valence-corrected chi connectivity index (χ1v) is 11.3. The Bertz CT molecular complexity index is 1430. The Morgan fingerprint density at radius 3 is 2.64 bits per heavy atom. The number of carbonyl (C=O) groups excluding carboxylic acids is 2. The van der Waals surface area contributed by atoms with Crippen LogP contribution in [-0.2, 0) is 6.54 Å². The SMILES string of the molecule is CNC(=O)c1cccc(NC(=O)c2cc(-c3cccnc3)cnc2NCc2ccc3c(c2)OCO3)c1. The molecule has 9 heteroatoms. The molecule has 0 radical (unpaired) electrons. The number of amides is 2. The Morgan fingerprint density at radius 1 is 0.917 bits per heavy atom. The monoisotopic (exact) mass is 481 g/mol. The van der Waals surface area contributed by atoms with Crippen LogP contribution in [0, 0.1) is 0 Å². The average Bonchev–Trinajstić information content (AvgIpc) is 3.40. The number of pyridine rings is 2. The summed E-state index contributed by atoms with van der Waals surface area (Å²) in [5, 5.41) is 8.72. The highest BCUT2D eigenvalue weighted by molar-refractivity contribution is 6.08. The summed E-state index contributed by atoms with van der Waals surface area (Å²) in [5.74, 6) is 1.20. The molecule has 5 rings (SSSR count). The summed E-state index contributed by atoms with van der Waals surface area (Å²) in [7, 11) is 1.56. The molecule has 0 bridgehead atoms. The van der Waals surface area contributed by atoms with Gasteiger partial charge in [0.05, 0.1) is 5.56 Å². The molecule has 0 unspecified atom stereocenters. The number of anilines is 2. The van der Waals surface area contributed by atoms with Crippen molar-refractivity contribution in [3.05, 3.63) is 95.9 Å². The van der Waals surface area contributed by atoms with E-state index in [4.69, 9.17) is 9.47 Å². The molecule has 1 aliphatic rings. The number of aromatic nitrogens is 2. The second-order valence-electron chi connectivity index (χ2n) is 8.02. The van der Waals surface area contributed by atoms with E-state index in [0.29, 0.717) is 40.7 Å². The second-order valence-corrected chi connectivity index (χ2v) is 8.02. The maximum Gasteiger partial charge on any atom is 0.259 e. The van der Waals surface area contributed by atoms with E-state index in [9.17, 15) is 9.59 Å². The lowest BCUT2D eigenvalue weighted by molar-refractivity contribution is 0.0961. The maximum absolute atomic E-state index is 13.4. The van der Waals surface area contributed by atoms with Gasteiger partial charge in [-0.1, -0.05) is 18.2 Å². The Hall–Kier alpha value is -4.92. The summed E-state index contributed by atoms with van der Waals surface area (Å²) in [6, 6.07) is 17.9. The standard InChI is InChI=1S/C27H23N5O4/c1-28-26(33)18-4-2-6-21(11-18)32-27(34)22-12-20(19-5-3-9-29-14-19)15-31-25(22)30-13-17-7-8-23-24(10-17)36-16-35-23/h2-12,14-15H,13,16H2,1H3,(H,28,33)(H,30,31)(H,32,34). The van der Waals surface area contributed by atoms with Crippen LogP contribution >= 0.6 is 0 Å². The van der Waals surface area contributed by atoms with Gasteiger partial charge in [-0.25, -0.2) is 4.98 Å². The van der Waals surface area contributed by atoms with Crippen molar-refractivity contribution in [3.8, 4) is 22.6 Å². The first kappa shape index (κ1) is 22.9. The molecule has 0 atom stereocenters. The summed E-state index contributed by atoms with van der Waals surface area (Å²) < 4.78 is 10.8.